The molecule has 0 aliphatic rings. The Labute approximate surface area is 112 Å². The van der Waals surface area contributed by atoms with Gasteiger partial charge in [-0.3, -0.25) is 0 Å². The highest BCUT2D eigenvalue weighted by Crippen LogP contribution is 2.13. The monoisotopic (exact) mass is 249 g/mol. The highest BCUT2D eigenvalue weighted by molar-refractivity contribution is 5.27. The van der Waals surface area contributed by atoms with Gasteiger partial charge in [-0.25, -0.2) is 0 Å². The molecule has 102 valence electrons. The molecule has 0 heterocycles. The second-order valence-electron chi connectivity index (χ2n) is 5.56. The molecule has 0 bridgehead atoms. The van der Waals surface area contributed by atoms with Gasteiger partial charge in [0.15, 0.2) is 0 Å². The van der Waals surface area contributed by atoms with Gasteiger partial charge in [-0.2, -0.15) is 0 Å². The standard InChI is InChI=1S/C16H27NO/c1-13(2)6-5-11-18-16-9-7-15(8-10-16)12-17-14(3)4/h7-10,13-14,17H,5-6,11-12H2,1-4H3. The Hall–Kier alpha value is -1.02. The largest absolute Gasteiger partial charge is 0.494 e. The molecule has 0 fully saturated rings. The average molecular weight is 249 g/mol. The van der Waals surface area contributed by atoms with Crippen LogP contribution in [-0.2, 0) is 6.54 Å². The van der Waals surface area contributed by atoms with Crippen molar-refractivity contribution < 1.29 is 4.74 Å². The van der Waals surface area contributed by atoms with Crippen LogP contribution in [0.4, 0.5) is 0 Å². The number of benzene rings is 1. The number of rotatable bonds is 8. The lowest BCUT2D eigenvalue weighted by molar-refractivity contribution is 0.297. The molecule has 0 saturated heterocycles. The van der Waals surface area contributed by atoms with E-state index < -0.39 is 0 Å². The first-order valence-corrected chi connectivity index (χ1v) is 7.03. The Morgan fingerprint density at radius 2 is 1.72 bits per heavy atom. The third kappa shape index (κ3) is 6.65. The Bertz CT molecular complexity index is 316. The van der Waals surface area contributed by atoms with E-state index in [1.807, 2.05) is 0 Å². The molecular weight excluding hydrogens is 222 g/mol. The minimum atomic E-state index is 0.525. The molecule has 1 rings (SSSR count). The number of ether oxygens (including phenoxy) is 1. The van der Waals surface area contributed by atoms with Crippen LogP contribution in [0.2, 0.25) is 0 Å². The number of nitrogens with one attached hydrogen (secondary N) is 1. The number of hydrogen-bond acceptors (Lipinski definition) is 2. The smallest absolute Gasteiger partial charge is 0.119 e. The molecule has 0 spiro atoms. The van der Waals surface area contributed by atoms with Crippen LogP contribution in [0, 0.1) is 5.92 Å². The normalized spacial score (nSPS) is 11.2. The first-order valence-electron chi connectivity index (χ1n) is 7.03. The van der Waals surface area contributed by atoms with Gasteiger partial charge in [0, 0.05) is 12.6 Å². The SMILES string of the molecule is CC(C)CCCOc1ccc(CNC(C)C)cc1. The van der Waals surface area contributed by atoms with Crippen molar-refractivity contribution >= 4 is 0 Å². The fraction of sp³-hybridized carbons (Fsp3) is 0.625. The second-order valence-corrected chi connectivity index (χ2v) is 5.56. The van der Waals surface area contributed by atoms with Gasteiger partial charge in [-0.15, -0.1) is 0 Å². The van der Waals surface area contributed by atoms with E-state index in [1.165, 1.54) is 12.0 Å². The van der Waals surface area contributed by atoms with Gasteiger partial charge >= 0.3 is 0 Å². The quantitative estimate of drug-likeness (QED) is 0.703. The van der Waals surface area contributed by atoms with Gasteiger partial charge in [0.1, 0.15) is 5.75 Å². The van der Waals surface area contributed by atoms with Crippen molar-refractivity contribution in [3.63, 3.8) is 0 Å². The summed E-state index contributed by atoms with van der Waals surface area (Å²) in [5.41, 5.74) is 1.30. The molecule has 1 aromatic rings. The molecule has 18 heavy (non-hydrogen) atoms. The van der Waals surface area contributed by atoms with Crippen molar-refractivity contribution in [1.29, 1.82) is 0 Å². The van der Waals surface area contributed by atoms with E-state index in [9.17, 15) is 0 Å². The van der Waals surface area contributed by atoms with E-state index in [1.54, 1.807) is 0 Å². The molecule has 1 N–H and O–H groups in total. The summed E-state index contributed by atoms with van der Waals surface area (Å²) in [6, 6.07) is 8.91. The van der Waals surface area contributed by atoms with E-state index in [-0.39, 0.29) is 0 Å². The lowest BCUT2D eigenvalue weighted by Gasteiger charge is -2.10. The minimum Gasteiger partial charge on any atom is -0.494 e. The van der Waals surface area contributed by atoms with Crippen LogP contribution >= 0.6 is 0 Å². The summed E-state index contributed by atoms with van der Waals surface area (Å²) in [4.78, 5) is 0. The zero-order chi connectivity index (χ0) is 13.4. The predicted molar refractivity (Wildman–Crippen MR) is 78.0 cm³/mol. The van der Waals surface area contributed by atoms with Crippen molar-refractivity contribution in [1.82, 2.24) is 5.32 Å². The van der Waals surface area contributed by atoms with Gasteiger partial charge in [-0.05, 0) is 36.5 Å². The van der Waals surface area contributed by atoms with Crippen molar-refractivity contribution in [2.24, 2.45) is 5.92 Å². The molecule has 0 saturated carbocycles. The molecule has 0 unspecified atom stereocenters. The van der Waals surface area contributed by atoms with Crippen LogP contribution in [-0.4, -0.2) is 12.6 Å². The van der Waals surface area contributed by atoms with E-state index in [0.29, 0.717) is 6.04 Å². The third-order valence-corrected chi connectivity index (χ3v) is 2.83. The summed E-state index contributed by atoms with van der Waals surface area (Å²) in [7, 11) is 0. The van der Waals surface area contributed by atoms with E-state index in [4.69, 9.17) is 4.74 Å². The fourth-order valence-electron chi connectivity index (χ4n) is 1.71. The van der Waals surface area contributed by atoms with Gasteiger partial charge in [0.05, 0.1) is 6.61 Å². The second kappa shape index (κ2) is 8.15. The maximum atomic E-state index is 5.72. The van der Waals surface area contributed by atoms with Crippen molar-refractivity contribution in [3.05, 3.63) is 29.8 Å². The number of hydrogen-bond donors (Lipinski definition) is 1. The summed E-state index contributed by atoms with van der Waals surface area (Å²) in [6.45, 7) is 10.6. The van der Waals surface area contributed by atoms with Crippen molar-refractivity contribution in [2.45, 2.75) is 53.1 Å². The first-order chi connectivity index (χ1) is 8.58. The molecular formula is C16H27NO. The maximum absolute atomic E-state index is 5.72. The lowest BCUT2D eigenvalue weighted by Crippen LogP contribution is -2.21. The summed E-state index contributed by atoms with van der Waals surface area (Å²) in [5.74, 6) is 1.74. The summed E-state index contributed by atoms with van der Waals surface area (Å²) in [5, 5.41) is 3.41. The van der Waals surface area contributed by atoms with Crippen molar-refractivity contribution in [3.8, 4) is 5.75 Å². The molecule has 1 aromatic carbocycles. The molecule has 0 aromatic heterocycles. The molecule has 0 aliphatic heterocycles. The van der Waals surface area contributed by atoms with Crippen LogP contribution in [0.25, 0.3) is 0 Å². The Balaban J connectivity index is 2.27. The molecule has 0 aliphatic carbocycles. The molecule has 0 atom stereocenters. The van der Waals surface area contributed by atoms with Gasteiger partial charge in [-0.1, -0.05) is 39.8 Å². The topological polar surface area (TPSA) is 21.3 Å². The molecule has 0 radical (unpaired) electrons. The zero-order valence-corrected chi connectivity index (χ0v) is 12.2. The Morgan fingerprint density at radius 1 is 1.06 bits per heavy atom. The summed E-state index contributed by atoms with van der Waals surface area (Å²) in [6.07, 6.45) is 2.37. The molecule has 0 amide bonds. The Morgan fingerprint density at radius 3 is 2.28 bits per heavy atom. The minimum absolute atomic E-state index is 0.525. The average Bonchev–Trinajstić information content (AvgIpc) is 2.33. The summed E-state index contributed by atoms with van der Waals surface area (Å²) >= 11 is 0. The lowest BCUT2D eigenvalue weighted by atomic mass is 10.1. The molecule has 2 heteroatoms. The summed E-state index contributed by atoms with van der Waals surface area (Å²) < 4.78 is 5.72. The van der Waals surface area contributed by atoms with Gasteiger partial charge in [0.2, 0.25) is 0 Å². The first kappa shape index (κ1) is 15.0. The molecule has 2 nitrogen and oxygen atoms in total. The highest BCUT2D eigenvalue weighted by Gasteiger charge is 1.98. The van der Waals surface area contributed by atoms with E-state index in [2.05, 4.69) is 57.3 Å². The fourth-order valence-corrected chi connectivity index (χ4v) is 1.71. The van der Waals surface area contributed by atoms with E-state index in [0.717, 1.165) is 31.2 Å². The zero-order valence-electron chi connectivity index (χ0n) is 12.2. The van der Waals surface area contributed by atoms with E-state index >= 15 is 0 Å². The van der Waals surface area contributed by atoms with Crippen molar-refractivity contribution in [2.75, 3.05) is 6.61 Å². The van der Waals surface area contributed by atoms with Crippen LogP contribution in [0.1, 0.15) is 46.1 Å². The van der Waals surface area contributed by atoms with Crippen LogP contribution in [0.15, 0.2) is 24.3 Å². The maximum Gasteiger partial charge on any atom is 0.119 e. The van der Waals surface area contributed by atoms with Gasteiger partial charge < -0.3 is 10.1 Å². The van der Waals surface area contributed by atoms with Crippen LogP contribution < -0.4 is 10.1 Å². The van der Waals surface area contributed by atoms with Crippen LogP contribution in [0.5, 0.6) is 5.75 Å². The Kier molecular flexibility index (Phi) is 6.81. The van der Waals surface area contributed by atoms with Crippen LogP contribution in [0.3, 0.4) is 0 Å². The predicted octanol–water partition coefficient (Wildman–Crippen LogP) is 4.00. The van der Waals surface area contributed by atoms with Gasteiger partial charge in [0.25, 0.3) is 0 Å². The highest BCUT2D eigenvalue weighted by atomic mass is 16.5. The third-order valence-electron chi connectivity index (χ3n) is 2.83.